The zero-order valence-corrected chi connectivity index (χ0v) is 15.3. The SMILES string of the molecule is CC(C)(C)OC(=O)N1CCC(O)(C2(CO)CN3CCC2CC3)CC1. The average molecular weight is 340 g/mol. The maximum absolute atomic E-state index is 12.2. The number of ether oxygens (including phenoxy) is 1. The third-order valence-corrected chi connectivity index (χ3v) is 6.33. The minimum absolute atomic E-state index is 0.0249. The number of fused-ring (bicyclic) bond motifs is 3. The van der Waals surface area contributed by atoms with Crippen LogP contribution in [0, 0.1) is 11.3 Å². The summed E-state index contributed by atoms with van der Waals surface area (Å²) in [5, 5.41) is 21.7. The molecule has 2 N–H and O–H groups in total. The fourth-order valence-corrected chi connectivity index (χ4v) is 4.91. The summed E-state index contributed by atoms with van der Waals surface area (Å²) < 4.78 is 5.44. The Bertz CT molecular complexity index is 474. The summed E-state index contributed by atoms with van der Waals surface area (Å²) in [5.74, 6) is 0.380. The van der Waals surface area contributed by atoms with Crippen molar-refractivity contribution in [2.24, 2.45) is 11.3 Å². The van der Waals surface area contributed by atoms with Crippen molar-refractivity contribution < 1.29 is 19.7 Å². The van der Waals surface area contributed by atoms with E-state index in [9.17, 15) is 15.0 Å². The second kappa shape index (κ2) is 6.15. The third kappa shape index (κ3) is 3.04. The van der Waals surface area contributed by atoms with Crippen LogP contribution in [-0.4, -0.2) is 76.6 Å². The van der Waals surface area contributed by atoms with Gasteiger partial charge in [-0.25, -0.2) is 4.79 Å². The second-order valence-corrected chi connectivity index (χ2v) is 8.86. The van der Waals surface area contributed by atoms with Crippen molar-refractivity contribution >= 4 is 6.09 Å². The van der Waals surface area contributed by atoms with E-state index in [0.717, 1.165) is 32.5 Å². The average Bonchev–Trinajstić information content (AvgIpc) is 2.54. The topological polar surface area (TPSA) is 73.2 Å². The van der Waals surface area contributed by atoms with Crippen molar-refractivity contribution in [2.45, 2.75) is 57.7 Å². The minimum Gasteiger partial charge on any atom is -0.444 e. The minimum atomic E-state index is -0.899. The number of carbonyl (C=O) groups is 1. The first-order valence-corrected chi connectivity index (χ1v) is 9.23. The Morgan fingerprint density at radius 3 is 2.17 bits per heavy atom. The Hall–Kier alpha value is -0.850. The molecule has 6 heteroatoms. The van der Waals surface area contributed by atoms with Crippen LogP contribution in [0.15, 0.2) is 0 Å². The molecular formula is C18H32N2O4. The van der Waals surface area contributed by atoms with E-state index in [1.807, 2.05) is 20.8 Å². The number of piperidine rings is 4. The highest BCUT2D eigenvalue weighted by Crippen LogP contribution is 2.52. The highest BCUT2D eigenvalue weighted by Gasteiger charge is 2.59. The molecule has 24 heavy (non-hydrogen) atoms. The summed E-state index contributed by atoms with van der Waals surface area (Å²) in [5.41, 5.74) is -1.85. The quantitative estimate of drug-likeness (QED) is 0.796. The van der Waals surface area contributed by atoms with Gasteiger partial charge in [0.25, 0.3) is 0 Å². The van der Waals surface area contributed by atoms with Crippen LogP contribution in [0.3, 0.4) is 0 Å². The molecule has 1 unspecified atom stereocenters. The lowest BCUT2D eigenvalue weighted by molar-refractivity contribution is -0.205. The highest BCUT2D eigenvalue weighted by atomic mass is 16.6. The van der Waals surface area contributed by atoms with Crippen LogP contribution in [0.4, 0.5) is 4.79 Å². The summed E-state index contributed by atoms with van der Waals surface area (Å²) in [6.07, 6.45) is 2.82. The molecule has 4 fully saturated rings. The molecule has 2 bridgehead atoms. The van der Waals surface area contributed by atoms with Crippen molar-refractivity contribution in [3.63, 3.8) is 0 Å². The van der Waals surface area contributed by atoms with Crippen LogP contribution in [0.5, 0.6) is 0 Å². The molecule has 4 saturated heterocycles. The maximum atomic E-state index is 12.2. The maximum Gasteiger partial charge on any atom is 0.410 e. The molecule has 0 aromatic heterocycles. The zero-order chi connectivity index (χ0) is 17.6. The first-order valence-electron chi connectivity index (χ1n) is 9.23. The fraction of sp³-hybridized carbons (Fsp3) is 0.944. The zero-order valence-electron chi connectivity index (χ0n) is 15.3. The van der Waals surface area contributed by atoms with E-state index < -0.39 is 16.6 Å². The summed E-state index contributed by atoms with van der Waals surface area (Å²) in [7, 11) is 0. The number of aliphatic hydroxyl groups excluding tert-OH is 1. The molecule has 0 aromatic rings. The Morgan fingerprint density at radius 2 is 1.75 bits per heavy atom. The molecule has 4 heterocycles. The van der Waals surface area contributed by atoms with Crippen molar-refractivity contribution in [1.82, 2.24) is 9.80 Å². The van der Waals surface area contributed by atoms with Crippen LogP contribution in [-0.2, 0) is 4.74 Å². The van der Waals surface area contributed by atoms with E-state index in [1.165, 1.54) is 0 Å². The number of hydrogen-bond acceptors (Lipinski definition) is 5. The Morgan fingerprint density at radius 1 is 1.17 bits per heavy atom. The first-order chi connectivity index (χ1) is 11.2. The van der Waals surface area contributed by atoms with E-state index in [4.69, 9.17) is 4.74 Å². The molecular weight excluding hydrogens is 308 g/mol. The van der Waals surface area contributed by atoms with Gasteiger partial charge in [-0.1, -0.05) is 0 Å². The number of aliphatic hydroxyl groups is 2. The van der Waals surface area contributed by atoms with Crippen molar-refractivity contribution in [3.8, 4) is 0 Å². The molecule has 4 rings (SSSR count). The van der Waals surface area contributed by atoms with Gasteiger partial charge in [-0.3, -0.25) is 0 Å². The van der Waals surface area contributed by atoms with E-state index >= 15 is 0 Å². The molecule has 138 valence electrons. The Labute approximate surface area is 144 Å². The predicted molar refractivity (Wildman–Crippen MR) is 90.7 cm³/mol. The Kier molecular flexibility index (Phi) is 4.60. The van der Waals surface area contributed by atoms with E-state index in [2.05, 4.69) is 4.90 Å². The molecule has 4 aliphatic heterocycles. The van der Waals surface area contributed by atoms with Crippen LogP contribution in [0.25, 0.3) is 0 Å². The van der Waals surface area contributed by atoms with Crippen LogP contribution < -0.4 is 0 Å². The number of amides is 1. The lowest BCUT2D eigenvalue weighted by atomic mass is 9.56. The van der Waals surface area contributed by atoms with Gasteiger partial charge >= 0.3 is 6.09 Å². The highest BCUT2D eigenvalue weighted by molar-refractivity contribution is 5.68. The molecule has 0 aliphatic carbocycles. The molecule has 1 amide bonds. The van der Waals surface area contributed by atoms with Gasteiger partial charge in [0, 0.05) is 25.0 Å². The largest absolute Gasteiger partial charge is 0.444 e. The van der Waals surface area contributed by atoms with Crippen LogP contribution >= 0.6 is 0 Å². The number of hydrogen-bond donors (Lipinski definition) is 2. The van der Waals surface area contributed by atoms with Gasteiger partial charge < -0.3 is 24.7 Å². The van der Waals surface area contributed by atoms with Gasteiger partial charge in [0.05, 0.1) is 12.2 Å². The van der Waals surface area contributed by atoms with Gasteiger partial charge in [-0.05, 0) is 65.5 Å². The first kappa shape index (κ1) is 18.0. The van der Waals surface area contributed by atoms with E-state index in [1.54, 1.807) is 4.90 Å². The molecule has 0 aromatic carbocycles. The standard InChI is InChI=1S/C18H32N2O4/c1-16(2,3)24-15(22)20-10-6-18(23,7-11-20)17(13-21)12-19-8-4-14(17)5-9-19/h14,21,23H,4-13H2,1-3H3. The summed E-state index contributed by atoms with van der Waals surface area (Å²) in [6.45, 7) is 9.50. The normalized spacial score (nSPS) is 35.8. The van der Waals surface area contributed by atoms with Crippen molar-refractivity contribution in [2.75, 3.05) is 39.3 Å². The lowest BCUT2D eigenvalue weighted by Crippen LogP contribution is -2.68. The lowest BCUT2D eigenvalue weighted by Gasteiger charge is -2.60. The van der Waals surface area contributed by atoms with E-state index in [0.29, 0.717) is 31.8 Å². The second-order valence-electron chi connectivity index (χ2n) is 8.86. The monoisotopic (exact) mass is 340 g/mol. The molecule has 0 saturated carbocycles. The van der Waals surface area contributed by atoms with E-state index in [-0.39, 0.29) is 12.7 Å². The Balaban J connectivity index is 1.69. The van der Waals surface area contributed by atoms with Crippen molar-refractivity contribution in [1.29, 1.82) is 0 Å². The van der Waals surface area contributed by atoms with Gasteiger partial charge in [-0.2, -0.15) is 0 Å². The number of likely N-dealkylation sites (tertiary alicyclic amines) is 1. The molecule has 4 aliphatic rings. The summed E-state index contributed by atoms with van der Waals surface area (Å²) in [4.78, 5) is 16.3. The van der Waals surface area contributed by atoms with Crippen LogP contribution in [0.1, 0.15) is 46.5 Å². The number of rotatable bonds is 2. The van der Waals surface area contributed by atoms with Crippen molar-refractivity contribution in [3.05, 3.63) is 0 Å². The molecule has 1 atom stereocenters. The van der Waals surface area contributed by atoms with Gasteiger partial charge in [0.15, 0.2) is 0 Å². The number of carbonyl (C=O) groups excluding carboxylic acids is 1. The van der Waals surface area contributed by atoms with Gasteiger partial charge in [-0.15, -0.1) is 0 Å². The smallest absolute Gasteiger partial charge is 0.410 e. The molecule has 0 spiro atoms. The van der Waals surface area contributed by atoms with Gasteiger partial charge in [0.2, 0.25) is 0 Å². The number of nitrogens with zero attached hydrogens (tertiary/aromatic N) is 2. The summed E-state index contributed by atoms with van der Waals surface area (Å²) in [6, 6.07) is 0. The molecule has 0 radical (unpaired) electrons. The fourth-order valence-electron chi connectivity index (χ4n) is 4.91. The predicted octanol–water partition coefficient (Wildman–Crippen LogP) is 1.45. The third-order valence-electron chi connectivity index (χ3n) is 6.33. The van der Waals surface area contributed by atoms with Crippen LogP contribution in [0.2, 0.25) is 0 Å². The van der Waals surface area contributed by atoms with Gasteiger partial charge in [0.1, 0.15) is 5.60 Å². The summed E-state index contributed by atoms with van der Waals surface area (Å²) >= 11 is 0. The molecule has 6 nitrogen and oxygen atoms in total.